The van der Waals surface area contributed by atoms with Crippen molar-refractivity contribution in [1.82, 2.24) is 5.09 Å². The molecular formula is C13H27N2O2PS2. The van der Waals surface area contributed by atoms with Gasteiger partial charge in [-0.1, -0.05) is 43.9 Å². The summed E-state index contributed by atoms with van der Waals surface area (Å²) in [5.41, 5.74) is 0. The second-order valence-electron chi connectivity index (χ2n) is 5.37. The van der Waals surface area contributed by atoms with E-state index in [0.29, 0.717) is 18.6 Å². The number of nitrogens with zero attached hydrogens (tertiary/aromatic N) is 1. The van der Waals surface area contributed by atoms with Gasteiger partial charge >= 0.3 is 6.72 Å². The van der Waals surface area contributed by atoms with Crippen LogP contribution in [0.1, 0.15) is 52.9 Å². The third-order valence-electron chi connectivity index (χ3n) is 2.93. The lowest BCUT2D eigenvalue weighted by atomic mass is 9.96. The Labute approximate surface area is 130 Å². The number of nitrogens with one attached hydrogen (secondary N) is 1. The average Bonchev–Trinajstić information content (AvgIpc) is 2.39. The number of hydrogen-bond donors (Lipinski definition) is 1. The molecule has 0 spiro atoms. The molecule has 1 N–H and O–H groups in total. The van der Waals surface area contributed by atoms with Crippen LogP contribution >= 0.6 is 27.9 Å². The molecule has 1 unspecified atom stereocenters. The van der Waals surface area contributed by atoms with Gasteiger partial charge in [-0.25, -0.2) is 0 Å². The van der Waals surface area contributed by atoms with Gasteiger partial charge in [0.1, 0.15) is 0 Å². The summed E-state index contributed by atoms with van der Waals surface area (Å²) in [6, 6.07) is 0.389. The van der Waals surface area contributed by atoms with Crippen molar-refractivity contribution in [3.05, 3.63) is 0 Å². The molecule has 0 heterocycles. The highest BCUT2D eigenvalue weighted by Crippen LogP contribution is 2.61. The van der Waals surface area contributed by atoms with E-state index in [-0.39, 0.29) is 0 Å². The van der Waals surface area contributed by atoms with Crippen LogP contribution in [0.5, 0.6) is 0 Å². The molecule has 0 aromatic carbocycles. The zero-order valence-corrected chi connectivity index (χ0v) is 15.2. The van der Waals surface area contributed by atoms with Crippen LogP contribution in [0.4, 0.5) is 0 Å². The Hall–Kier alpha value is 0.360. The van der Waals surface area contributed by atoms with Gasteiger partial charge in [-0.15, -0.1) is 0 Å². The predicted octanol–water partition coefficient (Wildman–Crippen LogP) is 5.12. The minimum Gasteiger partial charge on any atom is -0.306 e. The Kier molecular flexibility index (Phi) is 9.34. The minimum atomic E-state index is -2.86. The summed E-state index contributed by atoms with van der Waals surface area (Å²) in [5, 5.41) is 2.90. The van der Waals surface area contributed by atoms with Crippen molar-refractivity contribution in [3.8, 4) is 0 Å². The topological polar surface area (TPSA) is 50.7 Å². The first-order valence-corrected chi connectivity index (χ1v) is 12.0. The van der Waals surface area contributed by atoms with Crippen molar-refractivity contribution in [2.24, 2.45) is 10.9 Å². The molecule has 0 aromatic heterocycles. The molecule has 0 amide bonds. The SMILES string of the molecule is CCOP(=O)(NC=NC1CCCCC1)SSCC(C)C. The van der Waals surface area contributed by atoms with E-state index >= 15 is 0 Å². The Morgan fingerprint density at radius 2 is 2.10 bits per heavy atom. The monoisotopic (exact) mass is 338 g/mol. The van der Waals surface area contributed by atoms with E-state index in [1.54, 1.807) is 17.1 Å². The fourth-order valence-electron chi connectivity index (χ4n) is 1.93. The van der Waals surface area contributed by atoms with E-state index in [0.717, 1.165) is 18.6 Å². The Bertz CT molecular complexity index is 334. The maximum absolute atomic E-state index is 12.6. The van der Waals surface area contributed by atoms with Gasteiger partial charge in [-0.05, 0) is 25.7 Å². The van der Waals surface area contributed by atoms with Crippen molar-refractivity contribution < 1.29 is 9.09 Å². The van der Waals surface area contributed by atoms with Crippen molar-refractivity contribution in [1.29, 1.82) is 0 Å². The minimum absolute atomic E-state index is 0.389. The second kappa shape index (κ2) is 10.1. The van der Waals surface area contributed by atoms with Gasteiger partial charge < -0.3 is 4.52 Å². The fourth-order valence-corrected chi connectivity index (χ4v) is 7.81. The van der Waals surface area contributed by atoms with Crippen molar-refractivity contribution in [2.75, 3.05) is 12.4 Å². The van der Waals surface area contributed by atoms with Gasteiger partial charge in [0, 0.05) is 16.2 Å². The summed E-state index contributed by atoms with van der Waals surface area (Å²) >= 11 is 0. The van der Waals surface area contributed by atoms with E-state index < -0.39 is 6.72 Å². The Morgan fingerprint density at radius 3 is 2.70 bits per heavy atom. The second-order valence-corrected chi connectivity index (χ2v) is 11.5. The van der Waals surface area contributed by atoms with E-state index in [9.17, 15) is 4.57 Å². The molecule has 1 aliphatic rings. The van der Waals surface area contributed by atoms with Crippen molar-refractivity contribution >= 4 is 34.3 Å². The fraction of sp³-hybridized carbons (Fsp3) is 0.923. The quantitative estimate of drug-likeness (QED) is 0.274. The van der Waals surface area contributed by atoms with Gasteiger partial charge in [-0.2, -0.15) is 0 Å². The molecule has 1 rings (SSSR count). The van der Waals surface area contributed by atoms with E-state index in [1.165, 1.54) is 29.7 Å². The zero-order valence-electron chi connectivity index (χ0n) is 12.7. The highest BCUT2D eigenvalue weighted by atomic mass is 33.3. The third kappa shape index (κ3) is 7.96. The summed E-state index contributed by atoms with van der Waals surface area (Å²) in [7, 11) is 2.91. The predicted molar refractivity (Wildman–Crippen MR) is 92.6 cm³/mol. The van der Waals surface area contributed by atoms with Crippen LogP contribution in [0.15, 0.2) is 4.99 Å². The molecule has 0 bridgehead atoms. The molecule has 0 radical (unpaired) electrons. The van der Waals surface area contributed by atoms with E-state index in [1.807, 2.05) is 6.92 Å². The lowest BCUT2D eigenvalue weighted by Crippen LogP contribution is -2.14. The van der Waals surface area contributed by atoms with Gasteiger partial charge in [0.2, 0.25) is 0 Å². The molecule has 20 heavy (non-hydrogen) atoms. The average molecular weight is 338 g/mol. The Balaban J connectivity index is 2.39. The van der Waals surface area contributed by atoms with Gasteiger partial charge in [0.25, 0.3) is 0 Å². The summed E-state index contributed by atoms with van der Waals surface area (Å²) in [6.45, 7) is 3.74. The molecule has 1 aliphatic carbocycles. The van der Waals surface area contributed by atoms with Crippen LogP contribution < -0.4 is 5.09 Å². The molecule has 1 saturated carbocycles. The first kappa shape index (κ1) is 18.4. The van der Waals surface area contributed by atoms with Crippen molar-refractivity contribution in [2.45, 2.75) is 58.9 Å². The zero-order chi connectivity index (χ0) is 14.8. The lowest BCUT2D eigenvalue weighted by Gasteiger charge is -2.19. The molecule has 0 aromatic rings. The third-order valence-corrected chi connectivity index (χ3v) is 9.72. The normalized spacial score (nSPS) is 20.4. The molecule has 4 nitrogen and oxygen atoms in total. The lowest BCUT2D eigenvalue weighted by molar-refractivity contribution is 0.343. The highest BCUT2D eigenvalue weighted by molar-refractivity contribution is 8.99. The van der Waals surface area contributed by atoms with Crippen LogP contribution in [0.2, 0.25) is 0 Å². The summed E-state index contributed by atoms with van der Waals surface area (Å²) < 4.78 is 17.9. The highest BCUT2D eigenvalue weighted by Gasteiger charge is 2.23. The molecule has 7 heteroatoms. The molecule has 118 valence electrons. The van der Waals surface area contributed by atoms with Gasteiger partial charge in [0.05, 0.1) is 19.0 Å². The molecule has 1 fully saturated rings. The van der Waals surface area contributed by atoms with Crippen molar-refractivity contribution in [3.63, 3.8) is 0 Å². The number of aliphatic imine (C=N–C) groups is 1. The first-order valence-electron chi connectivity index (χ1n) is 7.41. The van der Waals surface area contributed by atoms with Crippen LogP contribution in [0.25, 0.3) is 0 Å². The van der Waals surface area contributed by atoms with Crippen LogP contribution in [-0.2, 0) is 9.09 Å². The van der Waals surface area contributed by atoms with E-state index in [4.69, 9.17) is 4.52 Å². The molecule has 1 atom stereocenters. The summed E-state index contributed by atoms with van der Waals surface area (Å²) in [4.78, 5) is 4.48. The first-order chi connectivity index (χ1) is 9.56. The summed E-state index contributed by atoms with van der Waals surface area (Å²) in [6.07, 6.45) is 7.72. The maximum Gasteiger partial charge on any atom is 0.362 e. The van der Waals surface area contributed by atoms with Gasteiger partial charge in [-0.3, -0.25) is 14.6 Å². The standard InChI is InChI=1S/C13H27N2O2PS2/c1-4-17-18(16,20-19-10-12(2)3)15-11-14-13-8-6-5-7-9-13/h11-13H,4-10H2,1-3H3,(H,14,15,16). The number of rotatable bonds is 9. The van der Waals surface area contributed by atoms with Crippen LogP contribution in [0, 0.1) is 5.92 Å². The Morgan fingerprint density at radius 1 is 1.40 bits per heavy atom. The molecular weight excluding hydrogens is 311 g/mol. The van der Waals surface area contributed by atoms with Crippen LogP contribution in [-0.4, -0.2) is 24.7 Å². The largest absolute Gasteiger partial charge is 0.362 e. The molecule has 0 aliphatic heterocycles. The smallest absolute Gasteiger partial charge is 0.306 e. The van der Waals surface area contributed by atoms with E-state index in [2.05, 4.69) is 23.9 Å². The molecule has 0 saturated heterocycles. The maximum atomic E-state index is 12.6. The van der Waals surface area contributed by atoms with Crippen LogP contribution in [0.3, 0.4) is 0 Å². The van der Waals surface area contributed by atoms with Gasteiger partial charge in [0.15, 0.2) is 0 Å². The number of hydrogen-bond acceptors (Lipinski definition) is 5. The summed E-state index contributed by atoms with van der Waals surface area (Å²) in [5.74, 6) is 1.54.